The molecule has 102 valence electrons. The van der Waals surface area contributed by atoms with Crippen molar-refractivity contribution in [1.82, 2.24) is 10.6 Å². The Bertz CT molecular complexity index is 330. The van der Waals surface area contributed by atoms with Gasteiger partial charge >= 0.3 is 18.0 Å². The Kier molecular flexibility index (Phi) is 5.76. The number of amides is 2. The second kappa shape index (κ2) is 7.10. The number of nitrogens with one attached hydrogen (secondary N) is 2. The van der Waals surface area contributed by atoms with E-state index in [0.29, 0.717) is 0 Å². The Morgan fingerprint density at radius 1 is 1.33 bits per heavy atom. The Morgan fingerprint density at radius 3 is 2.56 bits per heavy atom. The molecule has 0 aromatic carbocycles. The number of urea groups is 1. The molecule has 18 heavy (non-hydrogen) atoms. The van der Waals surface area contributed by atoms with E-state index in [1.165, 1.54) is 0 Å². The zero-order valence-electron chi connectivity index (χ0n) is 9.72. The van der Waals surface area contributed by atoms with E-state index < -0.39 is 30.4 Å². The number of carbonyl (C=O) groups excluding carboxylic acids is 1. The molecule has 1 heterocycles. The van der Waals surface area contributed by atoms with Crippen LogP contribution in [0.5, 0.6) is 0 Å². The molecule has 2 atom stereocenters. The molecule has 1 saturated heterocycles. The number of hydrogen-bond donors (Lipinski definition) is 4. The van der Waals surface area contributed by atoms with Crippen molar-refractivity contribution >= 4 is 29.7 Å². The average molecular weight is 276 g/mol. The van der Waals surface area contributed by atoms with Crippen molar-refractivity contribution in [3.05, 3.63) is 0 Å². The Balaban J connectivity index is 2.40. The van der Waals surface area contributed by atoms with E-state index in [2.05, 4.69) is 10.6 Å². The predicted octanol–water partition coefficient (Wildman–Crippen LogP) is 0.109. The lowest BCUT2D eigenvalue weighted by Gasteiger charge is -2.23. The van der Waals surface area contributed by atoms with E-state index in [9.17, 15) is 14.4 Å². The highest BCUT2D eigenvalue weighted by Crippen LogP contribution is 2.16. The fourth-order valence-electron chi connectivity index (χ4n) is 1.61. The zero-order valence-corrected chi connectivity index (χ0v) is 10.5. The molecule has 0 radical (unpaired) electrons. The Morgan fingerprint density at radius 2 is 2.06 bits per heavy atom. The molecule has 4 N–H and O–H groups in total. The third-order valence-electron chi connectivity index (χ3n) is 2.48. The summed E-state index contributed by atoms with van der Waals surface area (Å²) in [4.78, 5) is 32.7. The van der Waals surface area contributed by atoms with E-state index in [-0.39, 0.29) is 6.04 Å². The van der Waals surface area contributed by atoms with Crippen molar-refractivity contribution in [2.24, 2.45) is 0 Å². The van der Waals surface area contributed by atoms with Crippen LogP contribution >= 0.6 is 11.8 Å². The van der Waals surface area contributed by atoms with Crippen LogP contribution in [0.1, 0.15) is 19.3 Å². The van der Waals surface area contributed by atoms with E-state index in [1.807, 2.05) is 0 Å². The molecule has 0 spiro atoms. The molecule has 0 aromatic heterocycles. The molecule has 1 unspecified atom stereocenters. The summed E-state index contributed by atoms with van der Waals surface area (Å²) < 4.78 is 0. The number of carboxylic acid groups (broad SMARTS) is 2. The molecule has 1 aliphatic rings. The van der Waals surface area contributed by atoms with Crippen LogP contribution in [0, 0.1) is 0 Å². The van der Waals surface area contributed by atoms with Crippen molar-refractivity contribution in [3.63, 3.8) is 0 Å². The number of carbonyl (C=O) groups is 3. The Labute approximate surface area is 108 Å². The van der Waals surface area contributed by atoms with Gasteiger partial charge in [-0.3, -0.25) is 4.79 Å². The topological polar surface area (TPSA) is 116 Å². The van der Waals surface area contributed by atoms with Gasteiger partial charge in [0.1, 0.15) is 6.04 Å². The second-order valence-electron chi connectivity index (χ2n) is 4.02. The van der Waals surface area contributed by atoms with Crippen molar-refractivity contribution in [3.8, 4) is 0 Å². The van der Waals surface area contributed by atoms with E-state index in [1.54, 1.807) is 11.8 Å². The zero-order chi connectivity index (χ0) is 13.5. The standard InChI is InChI=1S/C10H16N2O5S/c13-8(14)4-7(9(15)16)12-10(17)11-6-2-1-3-18-5-6/h6-7H,1-5H2,(H,13,14)(H,15,16)(H2,11,12,17)/t6?,7-/m0/s1. The number of hydrogen-bond acceptors (Lipinski definition) is 4. The van der Waals surface area contributed by atoms with Crippen LogP contribution in [0.2, 0.25) is 0 Å². The predicted molar refractivity (Wildman–Crippen MR) is 65.7 cm³/mol. The minimum Gasteiger partial charge on any atom is -0.481 e. The maximum absolute atomic E-state index is 11.5. The number of thioether (sulfide) groups is 1. The van der Waals surface area contributed by atoms with Gasteiger partial charge in [0.05, 0.1) is 6.42 Å². The van der Waals surface area contributed by atoms with Crippen LogP contribution in [0.25, 0.3) is 0 Å². The number of rotatable bonds is 5. The average Bonchev–Trinajstić information content (AvgIpc) is 2.28. The van der Waals surface area contributed by atoms with Gasteiger partial charge < -0.3 is 20.8 Å². The van der Waals surface area contributed by atoms with E-state index in [4.69, 9.17) is 10.2 Å². The first kappa shape index (κ1) is 14.6. The molecule has 1 aliphatic heterocycles. The van der Waals surface area contributed by atoms with E-state index in [0.717, 1.165) is 24.3 Å². The number of carboxylic acids is 2. The molecule has 1 rings (SSSR count). The summed E-state index contributed by atoms with van der Waals surface area (Å²) in [5.41, 5.74) is 0. The molecule has 8 heteroatoms. The summed E-state index contributed by atoms with van der Waals surface area (Å²) in [6, 6.07) is -2.02. The van der Waals surface area contributed by atoms with Gasteiger partial charge in [0.2, 0.25) is 0 Å². The molecule has 0 saturated carbocycles. The summed E-state index contributed by atoms with van der Waals surface area (Å²) in [6.45, 7) is 0. The van der Waals surface area contributed by atoms with Gasteiger partial charge in [0.15, 0.2) is 0 Å². The summed E-state index contributed by atoms with van der Waals surface area (Å²) in [5.74, 6) is -0.762. The molecular weight excluding hydrogens is 260 g/mol. The lowest BCUT2D eigenvalue weighted by molar-refractivity contribution is -0.145. The minimum absolute atomic E-state index is 0.0167. The largest absolute Gasteiger partial charge is 0.481 e. The normalized spacial score (nSPS) is 20.8. The summed E-state index contributed by atoms with van der Waals surface area (Å²) in [6.07, 6.45) is 1.23. The first-order chi connectivity index (χ1) is 8.49. The molecule has 7 nitrogen and oxygen atoms in total. The third-order valence-corrected chi connectivity index (χ3v) is 3.69. The van der Waals surface area contributed by atoms with Crippen molar-refractivity contribution in [2.45, 2.75) is 31.3 Å². The molecule has 0 bridgehead atoms. The fraction of sp³-hybridized carbons (Fsp3) is 0.700. The smallest absolute Gasteiger partial charge is 0.326 e. The lowest BCUT2D eigenvalue weighted by Crippen LogP contribution is -2.50. The van der Waals surface area contributed by atoms with Gasteiger partial charge in [-0.2, -0.15) is 11.8 Å². The van der Waals surface area contributed by atoms with Crippen molar-refractivity contribution in [1.29, 1.82) is 0 Å². The quantitative estimate of drug-likeness (QED) is 0.566. The summed E-state index contributed by atoms with van der Waals surface area (Å²) in [5, 5.41) is 22.1. The minimum atomic E-state index is -1.40. The third kappa shape index (κ3) is 5.26. The van der Waals surface area contributed by atoms with Crippen LogP contribution in [-0.4, -0.2) is 51.8 Å². The van der Waals surface area contributed by atoms with Crippen molar-refractivity contribution < 1.29 is 24.6 Å². The highest BCUT2D eigenvalue weighted by molar-refractivity contribution is 7.99. The SMILES string of the molecule is O=C(O)C[C@H](NC(=O)NC1CCCSC1)C(=O)O. The Hall–Kier alpha value is -1.44. The van der Waals surface area contributed by atoms with Gasteiger partial charge in [0, 0.05) is 11.8 Å². The van der Waals surface area contributed by atoms with Crippen molar-refractivity contribution in [2.75, 3.05) is 11.5 Å². The maximum atomic E-state index is 11.5. The first-order valence-corrected chi connectivity index (χ1v) is 6.74. The van der Waals surface area contributed by atoms with Gasteiger partial charge in [-0.1, -0.05) is 0 Å². The first-order valence-electron chi connectivity index (χ1n) is 5.58. The van der Waals surface area contributed by atoms with Gasteiger partial charge in [-0.05, 0) is 18.6 Å². The van der Waals surface area contributed by atoms with E-state index >= 15 is 0 Å². The van der Waals surface area contributed by atoms with Crippen LogP contribution in [0.15, 0.2) is 0 Å². The summed E-state index contributed by atoms with van der Waals surface area (Å²) >= 11 is 1.73. The van der Waals surface area contributed by atoms with Gasteiger partial charge in [0.25, 0.3) is 0 Å². The maximum Gasteiger partial charge on any atom is 0.326 e. The second-order valence-corrected chi connectivity index (χ2v) is 5.17. The molecule has 1 fully saturated rings. The monoisotopic (exact) mass is 276 g/mol. The molecule has 0 aromatic rings. The fourth-order valence-corrected chi connectivity index (χ4v) is 2.69. The molecule has 0 aliphatic carbocycles. The van der Waals surface area contributed by atoms with Crippen LogP contribution in [0.4, 0.5) is 4.79 Å². The molecular formula is C10H16N2O5S. The highest BCUT2D eigenvalue weighted by atomic mass is 32.2. The lowest BCUT2D eigenvalue weighted by atomic mass is 10.2. The van der Waals surface area contributed by atoms with Gasteiger partial charge in [-0.15, -0.1) is 0 Å². The van der Waals surface area contributed by atoms with Crippen LogP contribution in [-0.2, 0) is 9.59 Å². The highest BCUT2D eigenvalue weighted by Gasteiger charge is 2.24. The number of aliphatic carboxylic acids is 2. The van der Waals surface area contributed by atoms with Gasteiger partial charge in [-0.25, -0.2) is 9.59 Å². The molecule has 2 amide bonds. The van der Waals surface area contributed by atoms with Crippen LogP contribution in [0.3, 0.4) is 0 Å². The van der Waals surface area contributed by atoms with Crippen LogP contribution < -0.4 is 10.6 Å². The summed E-state index contributed by atoms with van der Waals surface area (Å²) in [7, 11) is 0.